The number of amides is 1. The van der Waals surface area contributed by atoms with Gasteiger partial charge >= 0.3 is 6.09 Å². The predicted octanol–water partition coefficient (Wildman–Crippen LogP) is 4.77. The van der Waals surface area contributed by atoms with Gasteiger partial charge in [0.15, 0.2) is 0 Å². The zero-order chi connectivity index (χ0) is 20.3. The van der Waals surface area contributed by atoms with Crippen molar-refractivity contribution in [3.63, 3.8) is 0 Å². The third-order valence-corrected chi connectivity index (χ3v) is 4.86. The molecule has 0 spiro atoms. The molecule has 1 amide bonds. The predicted molar refractivity (Wildman–Crippen MR) is 110 cm³/mol. The molecule has 6 heteroatoms. The SMILES string of the molecule is C=Cc1ccc(OC)c(-c2cnn(C3CCN(C(=O)OC(C)(C)C)CC3)c2)c1. The van der Waals surface area contributed by atoms with Crippen molar-refractivity contribution in [3.05, 3.63) is 42.7 Å². The standard InChI is InChI=1S/C22H29N3O3/c1-6-16-7-8-20(27-5)19(13-16)17-14-23-25(15-17)18-9-11-24(12-10-18)21(26)28-22(2,3)4/h6-8,13-15,18H,1,9-12H2,2-5H3. The van der Waals surface area contributed by atoms with Crippen molar-refractivity contribution in [3.8, 4) is 16.9 Å². The average molecular weight is 383 g/mol. The number of carbonyl (C=O) groups is 1. The Morgan fingerprint density at radius 2 is 2.00 bits per heavy atom. The van der Waals surface area contributed by atoms with Gasteiger partial charge in [-0.1, -0.05) is 18.7 Å². The normalized spacial score (nSPS) is 15.4. The number of carbonyl (C=O) groups excluding carboxylic acids is 1. The average Bonchev–Trinajstić information content (AvgIpc) is 3.16. The van der Waals surface area contributed by atoms with Gasteiger partial charge in [-0.05, 0) is 51.3 Å². The third kappa shape index (κ3) is 4.55. The molecule has 0 atom stereocenters. The Kier molecular flexibility index (Phi) is 5.77. The molecule has 1 aliphatic rings. The van der Waals surface area contributed by atoms with Crippen LogP contribution in [0.5, 0.6) is 5.75 Å². The lowest BCUT2D eigenvalue weighted by Gasteiger charge is -2.33. The van der Waals surface area contributed by atoms with Crippen molar-refractivity contribution < 1.29 is 14.3 Å². The molecule has 1 aromatic heterocycles. The fourth-order valence-corrected chi connectivity index (χ4v) is 3.39. The van der Waals surface area contributed by atoms with Crippen molar-refractivity contribution in [1.29, 1.82) is 0 Å². The summed E-state index contributed by atoms with van der Waals surface area (Å²) in [6.45, 7) is 10.8. The van der Waals surface area contributed by atoms with E-state index in [4.69, 9.17) is 9.47 Å². The van der Waals surface area contributed by atoms with E-state index in [2.05, 4.69) is 23.9 Å². The van der Waals surface area contributed by atoms with Crippen LogP contribution in [0.15, 0.2) is 37.2 Å². The number of likely N-dealkylation sites (tertiary alicyclic amines) is 1. The molecule has 1 fully saturated rings. The smallest absolute Gasteiger partial charge is 0.410 e. The van der Waals surface area contributed by atoms with E-state index in [-0.39, 0.29) is 12.1 Å². The summed E-state index contributed by atoms with van der Waals surface area (Å²) in [5.41, 5.74) is 2.57. The molecule has 2 heterocycles. The van der Waals surface area contributed by atoms with Gasteiger partial charge in [-0.3, -0.25) is 4.68 Å². The largest absolute Gasteiger partial charge is 0.496 e. The minimum atomic E-state index is -0.468. The first kappa shape index (κ1) is 20.0. The van der Waals surface area contributed by atoms with Gasteiger partial charge in [0.1, 0.15) is 11.4 Å². The van der Waals surface area contributed by atoms with Gasteiger partial charge < -0.3 is 14.4 Å². The maximum Gasteiger partial charge on any atom is 0.410 e. The van der Waals surface area contributed by atoms with Crippen LogP contribution in [0.3, 0.4) is 0 Å². The van der Waals surface area contributed by atoms with Crippen LogP contribution in [0.4, 0.5) is 4.79 Å². The number of nitrogens with zero attached hydrogens (tertiary/aromatic N) is 3. The maximum absolute atomic E-state index is 12.2. The molecule has 0 aliphatic carbocycles. The minimum absolute atomic E-state index is 0.238. The molecule has 0 saturated carbocycles. The number of hydrogen-bond acceptors (Lipinski definition) is 4. The van der Waals surface area contributed by atoms with Crippen LogP contribution >= 0.6 is 0 Å². The van der Waals surface area contributed by atoms with Gasteiger partial charge in [-0.15, -0.1) is 0 Å². The molecule has 2 aromatic rings. The van der Waals surface area contributed by atoms with Crippen molar-refractivity contribution in [1.82, 2.24) is 14.7 Å². The van der Waals surface area contributed by atoms with Crippen molar-refractivity contribution in [2.45, 2.75) is 45.3 Å². The lowest BCUT2D eigenvalue weighted by atomic mass is 10.0. The molecule has 6 nitrogen and oxygen atoms in total. The zero-order valence-corrected chi connectivity index (χ0v) is 17.1. The maximum atomic E-state index is 12.2. The van der Waals surface area contributed by atoms with Gasteiger partial charge in [0, 0.05) is 30.4 Å². The summed E-state index contributed by atoms with van der Waals surface area (Å²) in [4.78, 5) is 14.0. The molecule has 1 saturated heterocycles. The molecule has 28 heavy (non-hydrogen) atoms. The van der Waals surface area contributed by atoms with Crippen molar-refractivity contribution in [2.24, 2.45) is 0 Å². The topological polar surface area (TPSA) is 56.6 Å². The van der Waals surface area contributed by atoms with Crippen LogP contribution in [-0.4, -0.2) is 46.6 Å². The third-order valence-electron chi connectivity index (χ3n) is 4.86. The molecule has 0 bridgehead atoms. The highest BCUT2D eigenvalue weighted by Gasteiger charge is 2.28. The lowest BCUT2D eigenvalue weighted by Crippen LogP contribution is -2.42. The number of benzene rings is 1. The Balaban J connectivity index is 1.69. The molecular weight excluding hydrogens is 354 g/mol. The second-order valence-corrected chi connectivity index (χ2v) is 8.07. The number of piperidine rings is 1. The van der Waals surface area contributed by atoms with Gasteiger partial charge in [-0.25, -0.2) is 4.79 Å². The first-order chi connectivity index (χ1) is 13.3. The van der Waals surface area contributed by atoms with Crippen LogP contribution in [-0.2, 0) is 4.74 Å². The second-order valence-electron chi connectivity index (χ2n) is 8.07. The van der Waals surface area contributed by atoms with Gasteiger partial charge in [0.25, 0.3) is 0 Å². The van der Waals surface area contributed by atoms with Gasteiger partial charge in [-0.2, -0.15) is 5.10 Å². The van der Waals surface area contributed by atoms with E-state index >= 15 is 0 Å². The minimum Gasteiger partial charge on any atom is -0.496 e. The molecule has 3 rings (SSSR count). The lowest BCUT2D eigenvalue weighted by molar-refractivity contribution is 0.0185. The first-order valence-electron chi connectivity index (χ1n) is 9.63. The highest BCUT2D eigenvalue weighted by Crippen LogP contribution is 2.32. The number of aromatic nitrogens is 2. The number of rotatable bonds is 4. The summed E-state index contributed by atoms with van der Waals surface area (Å²) in [7, 11) is 1.67. The van der Waals surface area contributed by atoms with Crippen LogP contribution in [0.25, 0.3) is 17.2 Å². The fraction of sp³-hybridized carbons (Fsp3) is 0.455. The Morgan fingerprint density at radius 3 is 2.61 bits per heavy atom. The molecule has 1 aromatic carbocycles. The van der Waals surface area contributed by atoms with E-state index in [0.717, 1.165) is 35.3 Å². The molecule has 150 valence electrons. The van der Waals surface area contributed by atoms with E-state index < -0.39 is 5.60 Å². The number of hydrogen-bond donors (Lipinski definition) is 0. The molecule has 1 aliphatic heterocycles. The summed E-state index contributed by atoms with van der Waals surface area (Å²) >= 11 is 0. The van der Waals surface area contributed by atoms with E-state index in [1.54, 1.807) is 12.0 Å². The Labute approximate surface area is 166 Å². The van der Waals surface area contributed by atoms with Crippen LogP contribution in [0.1, 0.15) is 45.2 Å². The van der Waals surface area contributed by atoms with E-state index in [9.17, 15) is 4.79 Å². The van der Waals surface area contributed by atoms with Crippen molar-refractivity contribution >= 4 is 12.2 Å². The van der Waals surface area contributed by atoms with E-state index in [1.165, 1.54) is 0 Å². The molecule has 0 radical (unpaired) electrons. The second kappa shape index (κ2) is 8.09. The Hall–Kier alpha value is -2.76. The van der Waals surface area contributed by atoms with E-state index in [0.29, 0.717) is 13.1 Å². The van der Waals surface area contributed by atoms with E-state index in [1.807, 2.05) is 49.9 Å². The summed E-state index contributed by atoms with van der Waals surface area (Å²) in [5, 5.41) is 4.58. The molecule has 0 N–H and O–H groups in total. The highest BCUT2D eigenvalue weighted by atomic mass is 16.6. The first-order valence-corrected chi connectivity index (χ1v) is 9.63. The summed E-state index contributed by atoms with van der Waals surface area (Å²) in [6.07, 6.45) is 7.20. The summed E-state index contributed by atoms with van der Waals surface area (Å²) in [5.74, 6) is 0.810. The highest BCUT2D eigenvalue weighted by molar-refractivity contribution is 5.72. The monoisotopic (exact) mass is 383 g/mol. The summed E-state index contributed by atoms with van der Waals surface area (Å²) in [6, 6.07) is 6.24. The Bertz CT molecular complexity index is 843. The van der Waals surface area contributed by atoms with Crippen LogP contribution < -0.4 is 4.74 Å². The summed E-state index contributed by atoms with van der Waals surface area (Å²) < 4.78 is 13.0. The molecular formula is C22H29N3O3. The fourth-order valence-electron chi connectivity index (χ4n) is 3.39. The molecule has 0 unspecified atom stereocenters. The number of methoxy groups -OCH3 is 1. The quantitative estimate of drug-likeness (QED) is 0.763. The zero-order valence-electron chi connectivity index (χ0n) is 17.1. The number of ether oxygens (including phenoxy) is 2. The van der Waals surface area contributed by atoms with Crippen LogP contribution in [0, 0.1) is 0 Å². The van der Waals surface area contributed by atoms with Gasteiger partial charge in [0.2, 0.25) is 0 Å². The van der Waals surface area contributed by atoms with Gasteiger partial charge in [0.05, 0.1) is 19.3 Å². The Morgan fingerprint density at radius 1 is 1.29 bits per heavy atom. The van der Waals surface area contributed by atoms with Crippen molar-refractivity contribution in [2.75, 3.05) is 20.2 Å². The van der Waals surface area contributed by atoms with Crippen LogP contribution in [0.2, 0.25) is 0 Å².